The Hall–Kier alpha value is -2.05. The number of aryl methyl sites for hydroxylation is 1. The number of benzene rings is 1. The Morgan fingerprint density at radius 1 is 1.14 bits per heavy atom. The molecular formula is C15H15NO4S. The maximum Gasteiger partial charge on any atom is 0.294 e. The first-order valence-electron chi connectivity index (χ1n) is 6.42. The van der Waals surface area contributed by atoms with Gasteiger partial charge >= 0.3 is 0 Å². The summed E-state index contributed by atoms with van der Waals surface area (Å²) >= 11 is 0. The molecule has 0 aliphatic rings. The first-order valence-corrected chi connectivity index (χ1v) is 7.86. The third-order valence-corrected chi connectivity index (χ3v) is 3.86. The largest absolute Gasteiger partial charge is 0.299 e. The fourth-order valence-electron chi connectivity index (χ4n) is 1.96. The van der Waals surface area contributed by atoms with Gasteiger partial charge in [0.15, 0.2) is 0 Å². The summed E-state index contributed by atoms with van der Waals surface area (Å²) in [4.78, 5) is 15.7. The summed E-state index contributed by atoms with van der Waals surface area (Å²) in [5, 5.41) is 0. The van der Waals surface area contributed by atoms with Gasteiger partial charge in [0.25, 0.3) is 10.1 Å². The molecule has 6 heteroatoms. The number of aromatic nitrogens is 1. The number of hydrogen-bond donors (Lipinski definition) is 1. The van der Waals surface area contributed by atoms with Gasteiger partial charge in [-0.1, -0.05) is 18.2 Å². The molecule has 2 rings (SSSR count). The van der Waals surface area contributed by atoms with Gasteiger partial charge in [-0.25, -0.2) is 0 Å². The highest BCUT2D eigenvalue weighted by atomic mass is 32.2. The summed E-state index contributed by atoms with van der Waals surface area (Å²) < 4.78 is 31.1. The van der Waals surface area contributed by atoms with Crippen molar-refractivity contribution in [2.45, 2.75) is 24.2 Å². The van der Waals surface area contributed by atoms with Crippen LogP contribution in [0.15, 0.2) is 53.7 Å². The van der Waals surface area contributed by atoms with Gasteiger partial charge in [-0.05, 0) is 35.7 Å². The molecular weight excluding hydrogens is 290 g/mol. The summed E-state index contributed by atoms with van der Waals surface area (Å²) in [6, 6.07) is 9.49. The highest BCUT2D eigenvalue weighted by molar-refractivity contribution is 7.85. The molecule has 5 nitrogen and oxygen atoms in total. The monoisotopic (exact) mass is 305 g/mol. The molecule has 2 aromatic rings. The Kier molecular flexibility index (Phi) is 4.82. The number of ketones is 1. The third kappa shape index (κ3) is 4.77. The van der Waals surface area contributed by atoms with Crippen LogP contribution in [-0.4, -0.2) is 23.7 Å². The van der Waals surface area contributed by atoms with Crippen LogP contribution in [0.1, 0.15) is 17.5 Å². The normalized spacial score (nSPS) is 11.3. The minimum absolute atomic E-state index is 0.00587. The van der Waals surface area contributed by atoms with Crippen molar-refractivity contribution in [2.75, 3.05) is 0 Å². The minimum atomic E-state index is -4.24. The molecule has 1 aromatic carbocycles. The van der Waals surface area contributed by atoms with Gasteiger partial charge in [-0.2, -0.15) is 8.42 Å². The summed E-state index contributed by atoms with van der Waals surface area (Å²) in [6.45, 7) is 0. The summed E-state index contributed by atoms with van der Waals surface area (Å²) in [5.41, 5.74) is 1.55. The smallest absolute Gasteiger partial charge is 0.294 e. The molecule has 0 spiro atoms. The predicted molar refractivity (Wildman–Crippen MR) is 77.5 cm³/mol. The van der Waals surface area contributed by atoms with Crippen molar-refractivity contribution in [3.63, 3.8) is 0 Å². The first-order chi connectivity index (χ1) is 9.95. The van der Waals surface area contributed by atoms with Gasteiger partial charge in [0.2, 0.25) is 0 Å². The molecule has 0 radical (unpaired) electrons. The Labute approximate surface area is 123 Å². The van der Waals surface area contributed by atoms with E-state index in [0.717, 1.165) is 5.56 Å². The van der Waals surface area contributed by atoms with Crippen LogP contribution in [0.2, 0.25) is 0 Å². The molecule has 1 N–H and O–H groups in total. The molecule has 1 heterocycles. The SMILES string of the molecule is O=C(CCc1cccnc1)Cc1cccc(S(=O)(=O)O)c1. The van der Waals surface area contributed by atoms with Crippen LogP contribution >= 0.6 is 0 Å². The summed E-state index contributed by atoms with van der Waals surface area (Å²) in [5.74, 6) is 0.00587. The molecule has 110 valence electrons. The van der Waals surface area contributed by atoms with Crippen molar-refractivity contribution in [3.05, 3.63) is 59.9 Å². The number of hydrogen-bond acceptors (Lipinski definition) is 4. The highest BCUT2D eigenvalue weighted by Crippen LogP contribution is 2.13. The first kappa shape index (κ1) is 15.3. The van der Waals surface area contributed by atoms with Crippen LogP contribution in [0, 0.1) is 0 Å². The Balaban J connectivity index is 1.97. The maximum atomic E-state index is 11.9. The summed E-state index contributed by atoms with van der Waals surface area (Å²) in [6.07, 6.45) is 4.49. The lowest BCUT2D eigenvalue weighted by Gasteiger charge is -2.04. The molecule has 0 aliphatic heterocycles. The van der Waals surface area contributed by atoms with E-state index < -0.39 is 10.1 Å². The zero-order valence-corrected chi connectivity index (χ0v) is 12.1. The van der Waals surface area contributed by atoms with E-state index in [2.05, 4.69) is 4.98 Å². The van der Waals surface area contributed by atoms with E-state index in [1.807, 2.05) is 12.1 Å². The van der Waals surface area contributed by atoms with E-state index in [1.165, 1.54) is 18.2 Å². The molecule has 0 saturated heterocycles. The van der Waals surface area contributed by atoms with Crippen molar-refractivity contribution in [1.29, 1.82) is 0 Å². The van der Waals surface area contributed by atoms with Crippen molar-refractivity contribution in [2.24, 2.45) is 0 Å². The Morgan fingerprint density at radius 3 is 2.57 bits per heavy atom. The standard InChI is InChI=1S/C15H15NO4S/c17-14(7-6-12-4-2-8-16-11-12)9-13-3-1-5-15(10-13)21(18,19)20/h1-5,8,10-11H,6-7,9H2,(H,18,19,20). The third-order valence-electron chi connectivity index (χ3n) is 3.01. The quantitative estimate of drug-likeness (QED) is 0.826. The molecule has 0 fully saturated rings. The van der Waals surface area contributed by atoms with E-state index >= 15 is 0 Å². The van der Waals surface area contributed by atoms with Crippen LogP contribution in [0.4, 0.5) is 0 Å². The fourth-order valence-corrected chi connectivity index (χ4v) is 2.51. The molecule has 0 atom stereocenters. The van der Waals surface area contributed by atoms with E-state index in [4.69, 9.17) is 4.55 Å². The molecule has 21 heavy (non-hydrogen) atoms. The van der Waals surface area contributed by atoms with Crippen molar-refractivity contribution in [3.8, 4) is 0 Å². The lowest BCUT2D eigenvalue weighted by atomic mass is 10.0. The fraction of sp³-hybridized carbons (Fsp3) is 0.200. The second-order valence-electron chi connectivity index (χ2n) is 4.70. The Morgan fingerprint density at radius 2 is 1.90 bits per heavy atom. The number of nitrogens with zero attached hydrogens (tertiary/aromatic N) is 1. The average Bonchev–Trinajstić information content (AvgIpc) is 2.46. The van der Waals surface area contributed by atoms with Gasteiger partial charge in [-0.3, -0.25) is 14.3 Å². The van der Waals surface area contributed by atoms with Crippen LogP contribution in [-0.2, 0) is 27.8 Å². The van der Waals surface area contributed by atoms with E-state index in [-0.39, 0.29) is 17.1 Å². The van der Waals surface area contributed by atoms with E-state index in [9.17, 15) is 13.2 Å². The molecule has 0 bridgehead atoms. The van der Waals surface area contributed by atoms with Crippen LogP contribution in [0.25, 0.3) is 0 Å². The number of carbonyl (C=O) groups excluding carboxylic acids is 1. The van der Waals surface area contributed by atoms with Gasteiger partial charge in [0.05, 0.1) is 4.90 Å². The van der Waals surface area contributed by atoms with E-state index in [1.54, 1.807) is 18.5 Å². The second kappa shape index (κ2) is 6.60. The minimum Gasteiger partial charge on any atom is -0.299 e. The van der Waals surface area contributed by atoms with Gasteiger partial charge in [0, 0.05) is 25.2 Å². The molecule has 0 unspecified atom stereocenters. The van der Waals surface area contributed by atoms with Crippen molar-refractivity contribution >= 4 is 15.9 Å². The number of Topliss-reactive ketones (excluding diaryl/α,β-unsaturated/α-hetero) is 1. The van der Waals surface area contributed by atoms with Crippen molar-refractivity contribution < 1.29 is 17.8 Å². The van der Waals surface area contributed by atoms with Crippen LogP contribution in [0.3, 0.4) is 0 Å². The van der Waals surface area contributed by atoms with Gasteiger partial charge < -0.3 is 0 Å². The highest BCUT2D eigenvalue weighted by Gasteiger charge is 2.11. The van der Waals surface area contributed by atoms with Crippen molar-refractivity contribution in [1.82, 2.24) is 4.98 Å². The lowest BCUT2D eigenvalue weighted by molar-refractivity contribution is -0.118. The average molecular weight is 305 g/mol. The molecule has 0 saturated carbocycles. The van der Waals surface area contributed by atoms with Gasteiger partial charge in [-0.15, -0.1) is 0 Å². The molecule has 1 aromatic heterocycles. The zero-order chi connectivity index (χ0) is 15.3. The van der Waals surface area contributed by atoms with Crippen LogP contribution < -0.4 is 0 Å². The van der Waals surface area contributed by atoms with Gasteiger partial charge in [0.1, 0.15) is 5.78 Å². The lowest BCUT2D eigenvalue weighted by Crippen LogP contribution is -2.06. The topological polar surface area (TPSA) is 84.3 Å². The second-order valence-corrected chi connectivity index (χ2v) is 6.12. The number of carbonyl (C=O) groups is 1. The van der Waals surface area contributed by atoms with E-state index in [0.29, 0.717) is 18.4 Å². The van der Waals surface area contributed by atoms with Crippen LogP contribution in [0.5, 0.6) is 0 Å². The number of rotatable bonds is 6. The Bertz CT molecular complexity index is 726. The molecule has 0 aliphatic carbocycles. The number of pyridine rings is 1. The molecule has 0 amide bonds. The zero-order valence-electron chi connectivity index (χ0n) is 11.3. The summed E-state index contributed by atoms with van der Waals surface area (Å²) in [7, 11) is -4.24. The predicted octanol–water partition coefficient (Wildman–Crippen LogP) is 2.07. The maximum absolute atomic E-state index is 11.9.